The van der Waals surface area contributed by atoms with Crippen LogP contribution in [-0.4, -0.2) is 62.6 Å². The summed E-state index contributed by atoms with van der Waals surface area (Å²) in [6.45, 7) is 5.80. The fraction of sp³-hybridized carbons (Fsp3) is 0.591. The third kappa shape index (κ3) is 6.09. The molecule has 2 heterocycles. The van der Waals surface area contributed by atoms with Gasteiger partial charge in [0.05, 0.1) is 13.0 Å². The number of nitrogens with one attached hydrogen (secondary N) is 1. The van der Waals surface area contributed by atoms with Crippen molar-refractivity contribution in [1.29, 1.82) is 0 Å². The van der Waals surface area contributed by atoms with Gasteiger partial charge < -0.3 is 19.9 Å². The van der Waals surface area contributed by atoms with Gasteiger partial charge in [0.1, 0.15) is 0 Å². The molecule has 1 fully saturated rings. The number of benzene rings is 1. The van der Waals surface area contributed by atoms with Crippen molar-refractivity contribution in [3.05, 3.63) is 29.8 Å². The van der Waals surface area contributed by atoms with E-state index in [-0.39, 0.29) is 41.8 Å². The van der Waals surface area contributed by atoms with E-state index in [1.165, 1.54) is 12.7 Å². The number of methoxy groups -OCH3 is 1. The van der Waals surface area contributed by atoms with E-state index >= 15 is 0 Å². The average molecular weight is 528 g/mol. The van der Waals surface area contributed by atoms with Crippen molar-refractivity contribution in [3.8, 4) is 0 Å². The first-order valence-corrected chi connectivity index (χ1v) is 10.6. The molecule has 1 N–H and O–H groups in total. The van der Waals surface area contributed by atoms with E-state index in [1.54, 1.807) is 0 Å². The number of hydrogen-bond donors (Lipinski definition) is 1. The molecular weight excluding hydrogens is 495 g/mol. The quantitative estimate of drug-likeness (QED) is 0.202. The van der Waals surface area contributed by atoms with Gasteiger partial charge in [-0.05, 0) is 44.2 Å². The second kappa shape index (κ2) is 12.1. The minimum absolute atomic E-state index is 0. The molecule has 2 aliphatic rings. The summed E-state index contributed by atoms with van der Waals surface area (Å²) >= 11 is 0. The smallest absolute Gasteiger partial charge is 0.308 e. The first-order valence-electron chi connectivity index (χ1n) is 10.6. The zero-order valence-electron chi connectivity index (χ0n) is 17.9. The summed E-state index contributed by atoms with van der Waals surface area (Å²) in [7, 11) is 1.45. The number of carbonyl (C=O) groups is 2. The van der Waals surface area contributed by atoms with Crippen molar-refractivity contribution < 1.29 is 14.3 Å². The Bertz CT molecular complexity index is 748. The molecule has 1 aromatic carbocycles. The van der Waals surface area contributed by atoms with E-state index in [1.807, 2.05) is 30.0 Å². The topological polar surface area (TPSA) is 74.2 Å². The van der Waals surface area contributed by atoms with Crippen LogP contribution in [0.1, 0.15) is 38.2 Å². The summed E-state index contributed by atoms with van der Waals surface area (Å²) < 4.78 is 4.86. The number of carbonyl (C=O) groups excluding carboxylic acids is 2. The molecule has 3 rings (SSSR count). The van der Waals surface area contributed by atoms with Crippen LogP contribution in [0.3, 0.4) is 0 Å². The zero-order chi connectivity index (χ0) is 20.6. The van der Waals surface area contributed by atoms with Gasteiger partial charge in [-0.3, -0.25) is 14.6 Å². The molecule has 0 unspecified atom stereocenters. The van der Waals surface area contributed by atoms with Crippen molar-refractivity contribution in [2.24, 2.45) is 10.9 Å². The normalized spacial score (nSPS) is 16.7. The molecule has 0 atom stereocenters. The molecule has 0 saturated carbocycles. The number of halogens is 1. The number of likely N-dealkylation sites (tertiary alicyclic amines) is 1. The van der Waals surface area contributed by atoms with Crippen LogP contribution in [0.4, 0.5) is 5.69 Å². The van der Waals surface area contributed by atoms with Crippen molar-refractivity contribution in [3.63, 3.8) is 0 Å². The summed E-state index contributed by atoms with van der Waals surface area (Å²) in [5.74, 6) is 0.914. The van der Waals surface area contributed by atoms with E-state index in [9.17, 15) is 9.59 Å². The zero-order valence-corrected chi connectivity index (χ0v) is 20.3. The number of amides is 1. The minimum Gasteiger partial charge on any atom is -0.469 e. The summed E-state index contributed by atoms with van der Waals surface area (Å²) in [6, 6.07) is 8.14. The Morgan fingerprint density at radius 2 is 1.93 bits per heavy atom. The highest BCUT2D eigenvalue weighted by atomic mass is 127. The van der Waals surface area contributed by atoms with E-state index in [0.717, 1.165) is 63.5 Å². The first-order chi connectivity index (χ1) is 14.1. The lowest BCUT2D eigenvalue weighted by Gasteiger charge is -2.33. The predicted octanol–water partition coefficient (Wildman–Crippen LogP) is 2.82. The summed E-state index contributed by atoms with van der Waals surface area (Å²) in [5, 5.41) is 3.33. The Kier molecular flexibility index (Phi) is 9.87. The van der Waals surface area contributed by atoms with Gasteiger partial charge in [-0.1, -0.05) is 18.2 Å². The maximum atomic E-state index is 12.6. The molecule has 0 spiro atoms. The van der Waals surface area contributed by atoms with E-state index in [4.69, 9.17) is 9.73 Å². The number of fused-ring (bicyclic) bond motifs is 1. The highest BCUT2D eigenvalue weighted by Crippen LogP contribution is 2.28. The molecule has 0 aromatic heterocycles. The third-order valence-electron chi connectivity index (χ3n) is 5.66. The number of hydrogen-bond acceptors (Lipinski definition) is 4. The van der Waals surface area contributed by atoms with Gasteiger partial charge >= 0.3 is 5.97 Å². The standard InChI is InChI=1S/C22H32N4O3.HI/c1-3-23-22(25-14-10-18(11-15-25)21(28)29-2)24-13-6-9-20(27)26-16-12-17-7-4-5-8-19(17)26;/h4-5,7-8,18H,3,6,9-16H2,1-2H3,(H,23,24);1H. The van der Waals surface area contributed by atoms with E-state index < -0.39 is 0 Å². The summed E-state index contributed by atoms with van der Waals surface area (Å²) in [4.78, 5) is 33.1. The van der Waals surface area contributed by atoms with Crippen LogP contribution < -0.4 is 10.2 Å². The Hall–Kier alpha value is -1.84. The number of anilines is 1. The fourth-order valence-electron chi connectivity index (χ4n) is 4.07. The molecular formula is C22H33IN4O3. The van der Waals surface area contributed by atoms with E-state index in [0.29, 0.717) is 13.0 Å². The molecule has 1 amide bonds. The Balaban J connectivity index is 0.00000320. The number of guanidine groups is 1. The third-order valence-corrected chi connectivity index (χ3v) is 5.66. The van der Waals surface area contributed by atoms with Crippen molar-refractivity contribution >= 4 is 47.5 Å². The van der Waals surface area contributed by atoms with Crippen LogP contribution in [0.2, 0.25) is 0 Å². The predicted molar refractivity (Wildman–Crippen MR) is 129 cm³/mol. The maximum Gasteiger partial charge on any atom is 0.308 e. The molecule has 1 aromatic rings. The SMILES string of the molecule is CCNC(=NCCCC(=O)N1CCc2ccccc21)N1CCC(C(=O)OC)CC1.I. The number of aliphatic imine (C=N–C) groups is 1. The van der Waals surface area contributed by atoms with Crippen LogP contribution >= 0.6 is 24.0 Å². The van der Waals surface area contributed by atoms with Gasteiger partial charge in [0.25, 0.3) is 0 Å². The molecule has 0 bridgehead atoms. The van der Waals surface area contributed by atoms with Crippen molar-refractivity contribution in [2.45, 2.75) is 39.0 Å². The molecule has 8 heteroatoms. The highest BCUT2D eigenvalue weighted by molar-refractivity contribution is 14.0. The van der Waals surface area contributed by atoms with Gasteiger partial charge in [-0.15, -0.1) is 24.0 Å². The van der Waals surface area contributed by atoms with Crippen LogP contribution in [0.15, 0.2) is 29.3 Å². The average Bonchev–Trinajstić information content (AvgIpc) is 3.19. The molecule has 2 aliphatic heterocycles. The van der Waals surface area contributed by atoms with Gasteiger partial charge in [0.15, 0.2) is 5.96 Å². The number of rotatable bonds is 6. The van der Waals surface area contributed by atoms with Crippen LogP contribution in [-0.2, 0) is 20.7 Å². The monoisotopic (exact) mass is 528 g/mol. The van der Waals surface area contributed by atoms with Gasteiger partial charge in [-0.25, -0.2) is 0 Å². The first kappa shape index (κ1) is 24.4. The molecule has 7 nitrogen and oxygen atoms in total. The van der Waals surface area contributed by atoms with Gasteiger partial charge in [0.2, 0.25) is 5.91 Å². The second-order valence-corrected chi connectivity index (χ2v) is 7.55. The lowest BCUT2D eigenvalue weighted by molar-refractivity contribution is -0.146. The van der Waals surface area contributed by atoms with Crippen LogP contribution in [0.25, 0.3) is 0 Å². The van der Waals surface area contributed by atoms with E-state index in [2.05, 4.69) is 16.3 Å². The Morgan fingerprint density at radius 1 is 1.20 bits per heavy atom. The number of ether oxygens (including phenoxy) is 1. The molecule has 0 radical (unpaired) electrons. The maximum absolute atomic E-state index is 12.6. The summed E-state index contributed by atoms with van der Waals surface area (Å²) in [5.41, 5.74) is 2.31. The number of esters is 1. The highest BCUT2D eigenvalue weighted by Gasteiger charge is 2.27. The Morgan fingerprint density at radius 3 is 2.63 bits per heavy atom. The minimum atomic E-state index is -0.117. The van der Waals surface area contributed by atoms with Crippen LogP contribution in [0.5, 0.6) is 0 Å². The lowest BCUT2D eigenvalue weighted by atomic mass is 9.97. The molecule has 30 heavy (non-hydrogen) atoms. The molecule has 1 saturated heterocycles. The van der Waals surface area contributed by atoms with Gasteiger partial charge in [-0.2, -0.15) is 0 Å². The van der Waals surface area contributed by atoms with Crippen LogP contribution in [0, 0.1) is 5.92 Å². The molecule has 0 aliphatic carbocycles. The van der Waals surface area contributed by atoms with Crippen molar-refractivity contribution in [1.82, 2.24) is 10.2 Å². The number of piperidine rings is 1. The van der Waals surface area contributed by atoms with Gasteiger partial charge in [0, 0.05) is 44.8 Å². The second-order valence-electron chi connectivity index (χ2n) is 7.55. The largest absolute Gasteiger partial charge is 0.469 e. The van der Waals surface area contributed by atoms with Crippen molar-refractivity contribution in [2.75, 3.05) is 44.7 Å². The summed E-state index contributed by atoms with van der Waals surface area (Å²) in [6.07, 6.45) is 3.73. The number of para-hydroxylation sites is 1. The Labute approximate surface area is 196 Å². The number of nitrogens with zero attached hydrogens (tertiary/aromatic N) is 3. The fourth-order valence-corrected chi connectivity index (χ4v) is 4.07. The lowest BCUT2D eigenvalue weighted by Crippen LogP contribution is -2.46. The molecule has 166 valence electrons.